The van der Waals surface area contributed by atoms with Gasteiger partial charge in [0.2, 0.25) is 0 Å². The minimum Gasteiger partial charge on any atom is -0.259 e. The first-order chi connectivity index (χ1) is 6.63. The summed E-state index contributed by atoms with van der Waals surface area (Å²) in [6.45, 7) is 0. The highest BCUT2D eigenvalue weighted by atomic mass is 35.5. The molecule has 0 radical (unpaired) electrons. The predicted molar refractivity (Wildman–Crippen MR) is 52.0 cm³/mol. The van der Waals surface area contributed by atoms with Gasteiger partial charge in [-0.1, -0.05) is 23.7 Å². The summed E-state index contributed by atoms with van der Waals surface area (Å²) >= 11 is 5.63. The van der Waals surface area contributed by atoms with Crippen LogP contribution in [0.5, 0.6) is 0 Å². The van der Waals surface area contributed by atoms with Crippen molar-refractivity contribution >= 4 is 17.2 Å². The van der Waals surface area contributed by atoms with Gasteiger partial charge in [0, 0.05) is 5.02 Å². The van der Waals surface area contributed by atoms with Crippen molar-refractivity contribution in [2.75, 3.05) is 0 Å². The molecule has 0 aliphatic heterocycles. The molecule has 0 aliphatic carbocycles. The number of nitro groups is 1. The van der Waals surface area contributed by atoms with Crippen molar-refractivity contribution in [3.8, 4) is 6.07 Å². The van der Waals surface area contributed by atoms with Crippen LogP contribution in [-0.4, -0.2) is 4.92 Å². The Hall–Kier alpha value is -1.86. The van der Waals surface area contributed by atoms with Crippen molar-refractivity contribution in [1.29, 1.82) is 5.26 Å². The Balaban J connectivity index is 3.09. The standard InChI is InChI=1S/C9H5ClN2O2/c10-9-3-1-7(2-4-9)8(5-11)6-12(13)14/h1-4,6H/b8-6+. The van der Waals surface area contributed by atoms with E-state index in [1.54, 1.807) is 30.3 Å². The minimum atomic E-state index is -0.660. The molecule has 1 aromatic rings. The van der Waals surface area contributed by atoms with Crippen LogP contribution in [0.15, 0.2) is 30.5 Å². The van der Waals surface area contributed by atoms with E-state index >= 15 is 0 Å². The van der Waals surface area contributed by atoms with Gasteiger partial charge in [-0.25, -0.2) is 0 Å². The Labute approximate surface area is 85.2 Å². The number of rotatable bonds is 2. The third-order valence-corrected chi connectivity index (χ3v) is 1.76. The Bertz CT molecular complexity index is 417. The molecule has 0 bridgehead atoms. The van der Waals surface area contributed by atoms with Gasteiger partial charge in [0.05, 0.1) is 4.92 Å². The van der Waals surface area contributed by atoms with Gasteiger partial charge >= 0.3 is 0 Å². The van der Waals surface area contributed by atoms with Crippen molar-refractivity contribution in [2.24, 2.45) is 0 Å². The Kier molecular flexibility index (Phi) is 3.21. The summed E-state index contributed by atoms with van der Waals surface area (Å²) in [5, 5.41) is 19.3. The fourth-order valence-corrected chi connectivity index (χ4v) is 1.03. The summed E-state index contributed by atoms with van der Waals surface area (Å²) < 4.78 is 0. The van der Waals surface area contributed by atoms with Crippen LogP contribution in [0.1, 0.15) is 5.56 Å². The molecule has 5 heteroatoms. The number of benzene rings is 1. The first-order valence-electron chi connectivity index (χ1n) is 3.65. The van der Waals surface area contributed by atoms with Crippen LogP contribution >= 0.6 is 11.6 Å². The van der Waals surface area contributed by atoms with E-state index in [0.717, 1.165) is 0 Å². The summed E-state index contributed by atoms with van der Waals surface area (Å²) in [5.74, 6) is 0. The lowest BCUT2D eigenvalue weighted by molar-refractivity contribution is -0.401. The zero-order chi connectivity index (χ0) is 10.6. The monoisotopic (exact) mass is 208 g/mol. The van der Waals surface area contributed by atoms with Gasteiger partial charge in [0.25, 0.3) is 6.20 Å². The van der Waals surface area contributed by atoms with E-state index in [9.17, 15) is 10.1 Å². The lowest BCUT2D eigenvalue weighted by Crippen LogP contribution is -1.88. The van der Waals surface area contributed by atoms with E-state index in [-0.39, 0.29) is 5.57 Å². The van der Waals surface area contributed by atoms with Gasteiger partial charge in [-0.15, -0.1) is 0 Å². The number of hydrogen-bond acceptors (Lipinski definition) is 3. The van der Waals surface area contributed by atoms with Gasteiger partial charge in [-0.2, -0.15) is 5.26 Å². The first-order valence-corrected chi connectivity index (χ1v) is 4.02. The maximum atomic E-state index is 10.2. The first kappa shape index (κ1) is 10.2. The number of nitrogens with zero attached hydrogens (tertiary/aromatic N) is 2. The summed E-state index contributed by atoms with van der Waals surface area (Å²) in [5.41, 5.74) is 0.486. The fraction of sp³-hybridized carbons (Fsp3) is 0. The fourth-order valence-electron chi connectivity index (χ4n) is 0.903. The molecule has 0 heterocycles. The molecule has 14 heavy (non-hydrogen) atoms. The molecular weight excluding hydrogens is 204 g/mol. The SMILES string of the molecule is N#C/C(=C\[N+](=O)[O-])c1ccc(Cl)cc1. The molecule has 0 N–H and O–H groups in total. The van der Waals surface area contributed by atoms with E-state index in [1.807, 2.05) is 0 Å². The zero-order valence-electron chi connectivity index (χ0n) is 6.98. The summed E-state index contributed by atoms with van der Waals surface area (Å²) in [6.07, 6.45) is 0.670. The molecule has 1 rings (SSSR count). The molecule has 0 unspecified atom stereocenters. The molecule has 0 atom stereocenters. The maximum absolute atomic E-state index is 10.2. The summed E-state index contributed by atoms with van der Waals surface area (Å²) in [4.78, 5) is 9.50. The molecule has 0 saturated heterocycles. The average molecular weight is 209 g/mol. The van der Waals surface area contributed by atoms with E-state index in [1.165, 1.54) is 0 Å². The van der Waals surface area contributed by atoms with Crippen LogP contribution in [0.4, 0.5) is 0 Å². The maximum Gasteiger partial charge on any atom is 0.252 e. The molecule has 0 spiro atoms. The topological polar surface area (TPSA) is 66.9 Å². The molecule has 0 amide bonds. The van der Waals surface area contributed by atoms with Crippen LogP contribution in [0.3, 0.4) is 0 Å². The molecule has 0 aliphatic rings. The van der Waals surface area contributed by atoms with Crippen LogP contribution in [0.2, 0.25) is 5.02 Å². The Morgan fingerprint density at radius 1 is 1.50 bits per heavy atom. The average Bonchev–Trinajstić information content (AvgIpc) is 2.15. The highest BCUT2D eigenvalue weighted by Gasteiger charge is 2.04. The van der Waals surface area contributed by atoms with Crippen LogP contribution in [-0.2, 0) is 0 Å². The Morgan fingerprint density at radius 2 is 2.07 bits per heavy atom. The van der Waals surface area contributed by atoms with Gasteiger partial charge in [0.15, 0.2) is 0 Å². The number of nitriles is 1. The van der Waals surface area contributed by atoms with Crippen molar-refractivity contribution < 1.29 is 4.92 Å². The van der Waals surface area contributed by atoms with Gasteiger partial charge < -0.3 is 0 Å². The highest BCUT2D eigenvalue weighted by molar-refractivity contribution is 6.30. The summed E-state index contributed by atoms with van der Waals surface area (Å²) in [6, 6.07) is 8.00. The van der Waals surface area contributed by atoms with Gasteiger partial charge in [0.1, 0.15) is 11.6 Å². The van der Waals surface area contributed by atoms with E-state index in [2.05, 4.69) is 0 Å². The highest BCUT2D eigenvalue weighted by Crippen LogP contribution is 2.16. The zero-order valence-corrected chi connectivity index (χ0v) is 7.73. The van der Waals surface area contributed by atoms with E-state index in [4.69, 9.17) is 16.9 Å². The van der Waals surface area contributed by atoms with Crippen LogP contribution in [0, 0.1) is 21.4 Å². The minimum absolute atomic E-state index is 0.00617. The van der Waals surface area contributed by atoms with Gasteiger partial charge in [-0.3, -0.25) is 10.1 Å². The van der Waals surface area contributed by atoms with Crippen molar-refractivity contribution in [2.45, 2.75) is 0 Å². The van der Waals surface area contributed by atoms with Crippen molar-refractivity contribution in [1.82, 2.24) is 0 Å². The molecule has 0 aromatic heterocycles. The Morgan fingerprint density at radius 3 is 2.50 bits per heavy atom. The van der Waals surface area contributed by atoms with Crippen molar-refractivity contribution in [3.63, 3.8) is 0 Å². The number of hydrogen-bond donors (Lipinski definition) is 0. The third-order valence-electron chi connectivity index (χ3n) is 1.51. The number of allylic oxidation sites excluding steroid dienone is 1. The van der Waals surface area contributed by atoms with E-state index < -0.39 is 4.92 Å². The smallest absolute Gasteiger partial charge is 0.252 e. The lowest BCUT2D eigenvalue weighted by Gasteiger charge is -1.95. The van der Waals surface area contributed by atoms with E-state index in [0.29, 0.717) is 16.8 Å². The molecule has 70 valence electrons. The summed E-state index contributed by atoms with van der Waals surface area (Å²) in [7, 11) is 0. The van der Waals surface area contributed by atoms with Gasteiger partial charge in [-0.05, 0) is 17.7 Å². The quantitative estimate of drug-likeness (QED) is 0.426. The molecule has 4 nitrogen and oxygen atoms in total. The molecule has 0 saturated carbocycles. The molecular formula is C9H5ClN2O2. The molecule has 0 fully saturated rings. The van der Waals surface area contributed by atoms with Crippen LogP contribution < -0.4 is 0 Å². The largest absolute Gasteiger partial charge is 0.259 e. The lowest BCUT2D eigenvalue weighted by atomic mass is 10.1. The second-order valence-corrected chi connectivity index (χ2v) is 2.88. The predicted octanol–water partition coefficient (Wildman–Crippen LogP) is 2.48. The second-order valence-electron chi connectivity index (χ2n) is 2.45. The van der Waals surface area contributed by atoms with Crippen molar-refractivity contribution in [3.05, 3.63) is 51.2 Å². The molecule has 1 aromatic carbocycles. The second kappa shape index (κ2) is 4.40. The number of halogens is 1. The third kappa shape index (κ3) is 2.57. The normalized spacial score (nSPS) is 10.7. The van der Waals surface area contributed by atoms with Crippen LogP contribution in [0.25, 0.3) is 5.57 Å².